The van der Waals surface area contributed by atoms with Gasteiger partial charge in [-0.25, -0.2) is 13.6 Å². The van der Waals surface area contributed by atoms with Crippen LogP contribution in [0.15, 0.2) is 29.6 Å². The SMILES string of the molecule is C[C@@H](NC(=O)C1=C2CN(C(=O)Nc3ccc(F)c(F)c3)CCN2NN1)C(F)(F)F. The first kappa shape index (κ1) is 20.6. The summed E-state index contributed by atoms with van der Waals surface area (Å²) in [6.45, 7) is 1.16. The number of rotatable bonds is 3. The first-order valence-corrected chi connectivity index (χ1v) is 8.47. The first-order valence-electron chi connectivity index (χ1n) is 8.47. The fraction of sp³-hybridized carbons (Fsp3) is 0.375. The number of hydrogen-bond acceptors (Lipinski definition) is 5. The van der Waals surface area contributed by atoms with Crippen molar-refractivity contribution >= 4 is 17.6 Å². The fourth-order valence-corrected chi connectivity index (χ4v) is 2.72. The number of nitrogens with zero attached hydrogens (tertiary/aromatic N) is 2. The second-order valence-electron chi connectivity index (χ2n) is 6.43. The van der Waals surface area contributed by atoms with E-state index in [1.54, 1.807) is 0 Å². The van der Waals surface area contributed by atoms with Crippen LogP contribution < -0.4 is 21.6 Å². The van der Waals surface area contributed by atoms with E-state index < -0.39 is 35.8 Å². The molecule has 4 N–H and O–H groups in total. The van der Waals surface area contributed by atoms with Crippen LogP contribution in [0.25, 0.3) is 0 Å². The van der Waals surface area contributed by atoms with Gasteiger partial charge in [-0.3, -0.25) is 15.2 Å². The normalized spacial score (nSPS) is 17.6. The zero-order valence-electron chi connectivity index (χ0n) is 15.0. The number of benzene rings is 1. The summed E-state index contributed by atoms with van der Waals surface area (Å²) >= 11 is 0. The van der Waals surface area contributed by atoms with E-state index in [-0.39, 0.29) is 36.7 Å². The van der Waals surface area contributed by atoms with Crippen molar-refractivity contribution in [2.75, 3.05) is 25.0 Å². The van der Waals surface area contributed by atoms with Crippen LogP contribution in [0.4, 0.5) is 32.4 Å². The molecule has 13 heteroatoms. The van der Waals surface area contributed by atoms with Crippen LogP contribution in [0.1, 0.15) is 6.92 Å². The molecule has 1 aromatic rings. The highest BCUT2D eigenvalue weighted by molar-refractivity contribution is 5.94. The van der Waals surface area contributed by atoms with Crippen molar-refractivity contribution in [3.8, 4) is 0 Å². The Morgan fingerprint density at radius 3 is 2.55 bits per heavy atom. The van der Waals surface area contributed by atoms with Crippen molar-refractivity contribution in [3.05, 3.63) is 41.2 Å². The maximum atomic E-state index is 13.3. The van der Waals surface area contributed by atoms with E-state index in [9.17, 15) is 31.5 Å². The van der Waals surface area contributed by atoms with Crippen molar-refractivity contribution < 1.29 is 31.5 Å². The number of hydrazine groups is 2. The van der Waals surface area contributed by atoms with Gasteiger partial charge in [-0.05, 0) is 19.1 Å². The molecule has 1 saturated heterocycles. The number of fused-ring (bicyclic) bond motifs is 1. The van der Waals surface area contributed by atoms with Gasteiger partial charge in [0, 0.05) is 18.3 Å². The number of hydrogen-bond donors (Lipinski definition) is 4. The summed E-state index contributed by atoms with van der Waals surface area (Å²) in [7, 11) is 0. The van der Waals surface area contributed by atoms with Crippen molar-refractivity contribution in [1.82, 2.24) is 26.2 Å². The van der Waals surface area contributed by atoms with Gasteiger partial charge in [0.1, 0.15) is 11.7 Å². The number of anilines is 1. The smallest absolute Gasteiger partial charge is 0.339 e. The minimum absolute atomic E-state index is 0.0324. The number of piperazine rings is 1. The molecule has 3 amide bonds. The van der Waals surface area contributed by atoms with Gasteiger partial charge >= 0.3 is 12.2 Å². The lowest BCUT2D eigenvalue weighted by Crippen LogP contribution is -2.51. The largest absolute Gasteiger partial charge is 0.408 e. The van der Waals surface area contributed by atoms with Crippen LogP contribution in [-0.4, -0.2) is 53.7 Å². The predicted octanol–water partition coefficient (Wildman–Crippen LogP) is 1.42. The molecule has 0 spiro atoms. The number of amides is 3. The Hall–Kier alpha value is -3.09. The highest BCUT2D eigenvalue weighted by atomic mass is 19.4. The number of urea groups is 1. The van der Waals surface area contributed by atoms with E-state index in [4.69, 9.17) is 0 Å². The maximum Gasteiger partial charge on any atom is 0.408 e. The number of alkyl halides is 3. The lowest BCUT2D eigenvalue weighted by atomic mass is 10.2. The van der Waals surface area contributed by atoms with Crippen molar-refractivity contribution in [1.29, 1.82) is 0 Å². The molecule has 0 unspecified atom stereocenters. The third-order valence-electron chi connectivity index (χ3n) is 4.39. The average molecular weight is 420 g/mol. The summed E-state index contributed by atoms with van der Waals surface area (Å²) in [5.74, 6) is -3.17. The number of nitrogens with one attached hydrogen (secondary N) is 4. The summed E-state index contributed by atoms with van der Waals surface area (Å²) in [5, 5.41) is 5.74. The zero-order valence-corrected chi connectivity index (χ0v) is 15.0. The lowest BCUT2D eigenvalue weighted by Gasteiger charge is -2.34. The molecule has 2 heterocycles. The Labute approximate surface area is 161 Å². The molecule has 29 heavy (non-hydrogen) atoms. The molecule has 2 aliphatic heterocycles. The Balaban J connectivity index is 1.70. The van der Waals surface area contributed by atoms with E-state index in [0.29, 0.717) is 0 Å². The van der Waals surface area contributed by atoms with Crippen LogP contribution in [0.2, 0.25) is 0 Å². The van der Waals surface area contributed by atoms with Gasteiger partial charge in [0.05, 0.1) is 18.8 Å². The highest BCUT2D eigenvalue weighted by Gasteiger charge is 2.39. The van der Waals surface area contributed by atoms with Gasteiger partial charge in [0.25, 0.3) is 5.91 Å². The van der Waals surface area contributed by atoms with Crippen molar-refractivity contribution in [3.63, 3.8) is 0 Å². The molecule has 0 saturated carbocycles. The van der Waals surface area contributed by atoms with Gasteiger partial charge in [-0.2, -0.15) is 13.2 Å². The molecule has 158 valence electrons. The molecule has 2 aliphatic rings. The molecule has 1 aromatic carbocycles. The van der Waals surface area contributed by atoms with Gasteiger partial charge in [0.15, 0.2) is 11.6 Å². The Bertz CT molecular complexity index is 859. The van der Waals surface area contributed by atoms with E-state index in [2.05, 4.69) is 16.3 Å². The molecule has 0 aromatic heterocycles. The molecule has 0 bridgehead atoms. The third-order valence-corrected chi connectivity index (χ3v) is 4.39. The second kappa shape index (κ2) is 7.73. The second-order valence-corrected chi connectivity index (χ2v) is 6.43. The number of carbonyl (C=O) groups excluding carboxylic acids is 2. The molecule has 1 fully saturated rings. The third kappa shape index (κ3) is 4.50. The summed E-state index contributed by atoms with van der Waals surface area (Å²) in [6.07, 6.45) is -4.60. The first-order chi connectivity index (χ1) is 13.6. The van der Waals surface area contributed by atoms with E-state index in [1.807, 2.05) is 5.32 Å². The van der Waals surface area contributed by atoms with Crippen molar-refractivity contribution in [2.45, 2.75) is 19.1 Å². The number of carbonyl (C=O) groups is 2. The van der Waals surface area contributed by atoms with Gasteiger partial charge in [-0.1, -0.05) is 0 Å². The van der Waals surface area contributed by atoms with Gasteiger partial charge < -0.3 is 15.5 Å². The van der Waals surface area contributed by atoms with E-state index in [0.717, 1.165) is 19.1 Å². The quantitative estimate of drug-likeness (QED) is 0.556. The Morgan fingerprint density at radius 1 is 1.17 bits per heavy atom. The summed E-state index contributed by atoms with van der Waals surface area (Å²) in [5.41, 5.74) is 5.30. The minimum Gasteiger partial charge on any atom is -0.339 e. The monoisotopic (exact) mass is 420 g/mol. The summed E-state index contributed by atoms with van der Waals surface area (Å²) in [6, 6.07) is 0.162. The lowest BCUT2D eigenvalue weighted by molar-refractivity contribution is -0.157. The summed E-state index contributed by atoms with van der Waals surface area (Å²) in [4.78, 5) is 25.9. The van der Waals surface area contributed by atoms with E-state index >= 15 is 0 Å². The molecular weight excluding hydrogens is 403 g/mol. The topological polar surface area (TPSA) is 88.7 Å². The summed E-state index contributed by atoms with van der Waals surface area (Å²) < 4.78 is 64.3. The molecule has 8 nitrogen and oxygen atoms in total. The van der Waals surface area contributed by atoms with Gasteiger partial charge in [0.2, 0.25) is 0 Å². The Morgan fingerprint density at radius 2 is 1.90 bits per heavy atom. The van der Waals surface area contributed by atoms with Crippen molar-refractivity contribution in [2.24, 2.45) is 0 Å². The van der Waals surface area contributed by atoms with Crippen LogP contribution in [0.3, 0.4) is 0 Å². The van der Waals surface area contributed by atoms with Gasteiger partial charge in [-0.15, -0.1) is 5.53 Å². The van der Waals surface area contributed by atoms with Crippen LogP contribution in [-0.2, 0) is 4.79 Å². The van der Waals surface area contributed by atoms with Crippen LogP contribution >= 0.6 is 0 Å². The fourth-order valence-electron chi connectivity index (χ4n) is 2.72. The molecule has 0 radical (unpaired) electrons. The standard InChI is InChI=1S/C16H17F5N6O2/c1-8(16(19,20)21)22-14(28)13-12-7-26(4-5-27(12)25-24-13)15(29)23-9-2-3-10(17)11(18)6-9/h2-3,6,8,24-25H,4-5,7H2,1H3,(H,22,28)(H,23,29)/t8-/m1/s1. The molecule has 1 atom stereocenters. The number of halogens is 5. The molecule has 0 aliphatic carbocycles. The minimum atomic E-state index is -4.60. The Kier molecular flexibility index (Phi) is 5.50. The molecular formula is C16H17F5N6O2. The van der Waals surface area contributed by atoms with E-state index in [1.165, 1.54) is 16.0 Å². The average Bonchev–Trinajstić information content (AvgIpc) is 3.07. The zero-order chi connectivity index (χ0) is 21.3. The maximum absolute atomic E-state index is 13.3. The molecule has 3 rings (SSSR count). The van der Waals surface area contributed by atoms with Crippen LogP contribution in [0.5, 0.6) is 0 Å². The highest BCUT2D eigenvalue weighted by Crippen LogP contribution is 2.22. The predicted molar refractivity (Wildman–Crippen MR) is 90.6 cm³/mol. The van der Waals surface area contributed by atoms with Crippen LogP contribution in [0, 0.1) is 11.6 Å².